The van der Waals surface area contributed by atoms with Gasteiger partial charge in [0.15, 0.2) is 5.82 Å². The summed E-state index contributed by atoms with van der Waals surface area (Å²) >= 11 is 5.83. The molecule has 150 valence electrons. The summed E-state index contributed by atoms with van der Waals surface area (Å²) < 4.78 is 49.5. The average molecular weight is 424 g/mol. The van der Waals surface area contributed by atoms with E-state index in [2.05, 4.69) is 15.2 Å². The molecule has 3 aromatic rings. The van der Waals surface area contributed by atoms with Crippen molar-refractivity contribution in [2.75, 3.05) is 6.61 Å². The molecule has 0 amide bonds. The predicted octanol–water partition coefficient (Wildman–Crippen LogP) is 5.18. The maximum Gasteiger partial charge on any atom is 0.416 e. The van der Waals surface area contributed by atoms with Crippen LogP contribution >= 0.6 is 11.6 Å². The molecule has 0 saturated carbocycles. The van der Waals surface area contributed by atoms with E-state index in [1.807, 2.05) is 0 Å². The maximum absolute atomic E-state index is 13.0. The van der Waals surface area contributed by atoms with Gasteiger partial charge in [-0.1, -0.05) is 23.7 Å². The van der Waals surface area contributed by atoms with Crippen LogP contribution in [0.25, 0.3) is 11.4 Å². The SMILES string of the molecule is CCOC(=O)c1nnc(-c2cccc(C(F)(F)F)c2)nc1Oc1ccc(Cl)cc1. The van der Waals surface area contributed by atoms with Gasteiger partial charge in [-0.15, -0.1) is 10.2 Å². The first-order valence-electron chi connectivity index (χ1n) is 8.31. The number of alkyl halides is 3. The van der Waals surface area contributed by atoms with Crippen LogP contribution in [0, 0.1) is 0 Å². The Hall–Kier alpha value is -3.20. The van der Waals surface area contributed by atoms with E-state index in [1.165, 1.54) is 24.3 Å². The summed E-state index contributed by atoms with van der Waals surface area (Å²) in [4.78, 5) is 16.2. The lowest BCUT2D eigenvalue weighted by Gasteiger charge is -2.11. The van der Waals surface area contributed by atoms with E-state index in [4.69, 9.17) is 21.1 Å². The summed E-state index contributed by atoms with van der Waals surface area (Å²) in [5.74, 6) is -0.941. The van der Waals surface area contributed by atoms with Crippen molar-refractivity contribution >= 4 is 17.6 Å². The van der Waals surface area contributed by atoms with Gasteiger partial charge in [-0.05, 0) is 43.3 Å². The van der Waals surface area contributed by atoms with Gasteiger partial charge in [-0.25, -0.2) is 4.79 Å². The summed E-state index contributed by atoms with van der Waals surface area (Å²) in [7, 11) is 0. The van der Waals surface area contributed by atoms with E-state index in [0.717, 1.165) is 12.1 Å². The Morgan fingerprint density at radius 3 is 2.48 bits per heavy atom. The molecule has 0 radical (unpaired) electrons. The minimum Gasteiger partial charge on any atom is -0.461 e. The second-order valence-electron chi connectivity index (χ2n) is 5.64. The minimum atomic E-state index is -4.53. The first-order valence-corrected chi connectivity index (χ1v) is 8.68. The third kappa shape index (κ3) is 5.00. The highest BCUT2D eigenvalue weighted by atomic mass is 35.5. The fourth-order valence-corrected chi connectivity index (χ4v) is 2.41. The van der Waals surface area contributed by atoms with Crippen molar-refractivity contribution < 1.29 is 27.4 Å². The number of carbonyl (C=O) groups is 1. The number of hydrogen-bond donors (Lipinski definition) is 0. The van der Waals surface area contributed by atoms with E-state index in [-0.39, 0.29) is 35.3 Å². The second kappa shape index (κ2) is 8.44. The molecule has 0 unspecified atom stereocenters. The van der Waals surface area contributed by atoms with Gasteiger partial charge in [0.05, 0.1) is 12.2 Å². The molecule has 0 spiro atoms. The van der Waals surface area contributed by atoms with Crippen molar-refractivity contribution in [3.8, 4) is 23.0 Å². The summed E-state index contributed by atoms with van der Waals surface area (Å²) in [6.45, 7) is 1.69. The molecule has 0 fully saturated rings. The number of carbonyl (C=O) groups excluding carboxylic acids is 1. The van der Waals surface area contributed by atoms with Crippen molar-refractivity contribution in [1.29, 1.82) is 0 Å². The van der Waals surface area contributed by atoms with Gasteiger partial charge in [-0.2, -0.15) is 18.2 Å². The molecule has 1 heterocycles. The lowest BCUT2D eigenvalue weighted by atomic mass is 10.1. The second-order valence-corrected chi connectivity index (χ2v) is 6.08. The maximum atomic E-state index is 13.0. The zero-order chi connectivity index (χ0) is 21.0. The van der Waals surface area contributed by atoms with E-state index in [9.17, 15) is 18.0 Å². The molecule has 0 N–H and O–H groups in total. The quantitative estimate of drug-likeness (QED) is 0.526. The Kier molecular flexibility index (Phi) is 5.97. The van der Waals surface area contributed by atoms with Crippen molar-refractivity contribution in [3.63, 3.8) is 0 Å². The molecule has 6 nitrogen and oxygen atoms in total. The van der Waals surface area contributed by atoms with Gasteiger partial charge in [0.25, 0.3) is 5.88 Å². The van der Waals surface area contributed by atoms with Crippen LogP contribution in [0.4, 0.5) is 13.2 Å². The van der Waals surface area contributed by atoms with Crippen LogP contribution in [0.3, 0.4) is 0 Å². The van der Waals surface area contributed by atoms with Crippen LogP contribution in [0.5, 0.6) is 11.6 Å². The molecule has 3 rings (SSSR count). The van der Waals surface area contributed by atoms with Gasteiger partial charge >= 0.3 is 12.1 Å². The Bertz CT molecular complexity index is 1030. The fraction of sp³-hybridized carbons (Fsp3) is 0.158. The standard InChI is InChI=1S/C19H13ClF3N3O3/c1-2-28-18(27)15-17(29-14-8-6-13(20)7-9-14)24-16(26-25-15)11-4-3-5-12(10-11)19(21,22)23/h3-10H,2H2,1H3. The molecule has 1 aromatic heterocycles. The number of rotatable bonds is 5. The zero-order valence-electron chi connectivity index (χ0n) is 14.9. The molecule has 0 aliphatic heterocycles. The van der Waals surface area contributed by atoms with E-state index < -0.39 is 17.7 Å². The first kappa shape index (κ1) is 20.5. The third-order valence-electron chi connectivity index (χ3n) is 3.60. The molecule has 10 heteroatoms. The Balaban J connectivity index is 2.04. The van der Waals surface area contributed by atoms with Crippen LogP contribution in [0.15, 0.2) is 48.5 Å². The number of nitrogens with zero attached hydrogens (tertiary/aromatic N) is 3. The lowest BCUT2D eigenvalue weighted by molar-refractivity contribution is -0.137. The van der Waals surface area contributed by atoms with Crippen LogP contribution in [-0.2, 0) is 10.9 Å². The number of ether oxygens (including phenoxy) is 2. The number of halogens is 4. The predicted molar refractivity (Wildman–Crippen MR) is 97.7 cm³/mol. The summed E-state index contributed by atoms with van der Waals surface area (Å²) in [6, 6.07) is 10.6. The van der Waals surface area contributed by atoms with Crippen molar-refractivity contribution in [1.82, 2.24) is 15.2 Å². The normalized spacial score (nSPS) is 11.2. The molecular weight excluding hydrogens is 411 g/mol. The van der Waals surface area contributed by atoms with Gasteiger partial charge in [-0.3, -0.25) is 0 Å². The monoisotopic (exact) mass is 423 g/mol. The highest BCUT2D eigenvalue weighted by molar-refractivity contribution is 6.30. The molecule has 0 saturated heterocycles. The van der Waals surface area contributed by atoms with Crippen molar-refractivity contribution in [2.24, 2.45) is 0 Å². The molecule has 0 atom stereocenters. The van der Waals surface area contributed by atoms with Gasteiger partial charge < -0.3 is 9.47 Å². The topological polar surface area (TPSA) is 74.2 Å². The number of aromatic nitrogens is 3. The summed E-state index contributed by atoms with van der Waals surface area (Å²) in [5.41, 5.74) is -1.12. The zero-order valence-corrected chi connectivity index (χ0v) is 15.7. The Morgan fingerprint density at radius 1 is 1.10 bits per heavy atom. The largest absolute Gasteiger partial charge is 0.461 e. The molecule has 0 aliphatic rings. The molecule has 0 aliphatic carbocycles. The van der Waals surface area contributed by atoms with Crippen LogP contribution in [-0.4, -0.2) is 27.8 Å². The van der Waals surface area contributed by atoms with Gasteiger partial charge in [0, 0.05) is 10.6 Å². The lowest BCUT2D eigenvalue weighted by Crippen LogP contribution is -2.12. The summed E-state index contributed by atoms with van der Waals surface area (Å²) in [5, 5.41) is 7.99. The molecule has 29 heavy (non-hydrogen) atoms. The van der Waals surface area contributed by atoms with Crippen molar-refractivity contribution in [2.45, 2.75) is 13.1 Å². The van der Waals surface area contributed by atoms with E-state index in [1.54, 1.807) is 19.1 Å². The number of hydrogen-bond acceptors (Lipinski definition) is 6. The van der Waals surface area contributed by atoms with Gasteiger partial charge in [0.1, 0.15) is 5.75 Å². The number of benzene rings is 2. The van der Waals surface area contributed by atoms with E-state index >= 15 is 0 Å². The van der Waals surface area contributed by atoms with Gasteiger partial charge in [0.2, 0.25) is 5.69 Å². The van der Waals surface area contributed by atoms with Crippen LogP contribution in [0.2, 0.25) is 5.02 Å². The molecular formula is C19H13ClF3N3O3. The Morgan fingerprint density at radius 2 is 1.83 bits per heavy atom. The number of esters is 1. The summed E-state index contributed by atoms with van der Waals surface area (Å²) in [6.07, 6.45) is -4.53. The van der Waals surface area contributed by atoms with Crippen molar-refractivity contribution in [3.05, 3.63) is 64.8 Å². The first-order chi connectivity index (χ1) is 13.8. The Labute approximate surface area is 168 Å². The fourth-order valence-electron chi connectivity index (χ4n) is 2.28. The molecule has 2 aromatic carbocycles. The molecule has 0 bridgehead atoms. The highest BCUT2D eigenvalue weighted by Crippen LogP contribution is 2.32. The van der Waals surface area contributed by atoms with Crippen LogP contribution in [0.1, 0.15) is 23.0 Å². The van der Waals surface area contributed by atoms with E-state index in [0.29, 0.717) is 5.02 Å². The third-order valence-corrected chi connectivity index (χ3v) is 3.85. The van der Waals surface area contributed by atoms with Crippen LogP contribution < -0.4 is 4.74 Å². The smallest absolute Gasteiger partial charge is 0.416 e. The highest BCUT2D eigenvalue weighted by Gasteiger charge is 2.31. The minimum absolute atomic E-state index is 0.0590. The average Bonchev–Trinajstić information content (AvgIpc) is 2.69.